The molecule has 2 saturated carbocycles. The van der Waals surface area contributed by atoms with E-state index in [9.17, 15) is 22.4 Å². The van der Waals surface area contributed by atoms with Crippen molar-refractivity contribution in [2.75, 3.05) is 23.9 Å². The molecule has 0 spiro atoms. The summed E-state index contributed by atoms with van der Waals surface area (Å²) in [6, 6.07) is 3.12. The van der Waals surface area contributed by atoms with Crippen molar-refractivity contribution in [3.05, 3.63) is 53.7 Å². The van der Waals surface area contributed by atoms with Crippen LogP contribution in [0.15, 0.2) is 43.1 Å². The van der Waals surface area contributed by atoms with E-state index in [0.717, 1.165) is 0 Å². The molecular weight excluding hydrogens is 634 g/mol. The van der Waals surface area contributed by atoms with Crippen molar-refractivity contribution in [3.63, 3.8) is 0 Å². The molecule has 4 aromatic heterocycles. The first-order valence-electron chi connectivity index (χ1n) is 14.4. The minimum absolute atomic E-state index is 0.0121. The Morgan fingerprint density at radius 1 is 1.04 bits per heavy atom. The van der Waals surface area contributed by atoms with Gasteiger partial charge in [-0.15, -0.1) is 0 Å². The van der Waals surface area contributed by atoms with Gasteiger partial charge in [-0.05, 0) is 50.7 Å². The van der Waals surface area contributed by atoms with Crippen LogP contribution >= 0.6 is 11.6 Å². The van der Waals surface area contributed by atoms with Gasteiger partial charge in [0, 0.05) is 54.2 Å². The Morgan fingerprint density at radius 2 is 1.76 bits per heavy atom. The standard InChI is InChI=1S/C29H28ClF4N9O3/c1-45-26-37-11-17(12-38-26)16-2-7-22(35-10-16)43(27(44)46-15-28(31)8-9-28)19-5-3-18(4-6-19)40-25-36-13-20(29(32,33)34)23(41-25)24-21(30)14-39-42-24/h2,7,10-14,18-19H,3-6,8-9,15H2,1H3,(H,39,42)(H,36,40,41)/t18-,19-. The van der Waals surface area contributed by atoms with E-state index in [0.29, 0.717) is 61.7 Å². The second kappa shape index (κ2) is 12.7. The molecule has 4 heterocycles. The summed E-state index contributed by atoms with van der Waals surface area (Å²) in [5.41, 5.74) is -1.75. The third-order valence-corrected chi connectivity index (χ3v) is 8.18. The molecular formula is C29H28ClF4N9O3. The van der Waals surface area contributed by atoms with Gasteiger partial charge >= 0.3 is 18.3 Å². The van der Waals surface area contributed by atoms with Gasteiger partial charge in [0.05, 0.1) is 12.1 Å². The second-order valence-corrected chi connectivity index (χ2v) is 11.5. The highest BCUT2D eigenvalue weighted by Crippen LogP contribution is 2.41. The number of carbonyl (C=O) groups excluding carboxylic acids is 1. The molecule has 4 aromatic rings. The fraction of sp³-hybridized carbons (Fsp3) is 0.414. The van der Waals surface area contributed by atoms with Gasteiger partial charge in [0.2, 0.25) is 5.95 Å². The molecule has 0 radical (unpaired) electrons. The van der Waals surface area contributed by atoms with E-state index in [4.69, 9.17) is 21.1 Å². The Kier molecular flexibility index (Phi) is 8.63. The first-order valence-corrected chi connectivity index (χ1v) is 14.8. The van der Waals surface area contributed by atoms with E-state index in [1.54, 1.807) is 30.7 Å². The Labute approximate surface area is 264 Å². The molecule has 2 fully saturated rings. The fourth-order valence-electron chi connectivity index (χ4n) is 5.18. The van der Waals surface area contributed by atoms with E-state index in [2.05, 4.69) is 40.4 Å². The number of aromatic nitrogens is 7. The van der Waals surface area contributed by atoms with Gasteiger partial charge < -0.3 is 14.8 Å². The fourth-order valence-corrected chi connectivity index (χ4v) is 5.36. The number of rotatable bonds is 9. The molecule has 1 amide bonds. The Hall–Kier alpha value is -4.60. The number of anilines is 2. The Bertz CT molecular complexity index is 1680. The van der Waals surface area contributed by atoms with Gasteiger partial charge in [-0.25, -0.2) is 34.1 Å². The molecule has 2 aliphatic carbocycles. The first-order chi connectivity index (χ1) is 22.0. The smallest absolute Gasteiger partial charge is 0.420 e. The van der Waals surface area contributed by atoms with E-state index in [-0.39, 0.29) is 41.4 Å². The van der Waals surface area contributed by atoms with Crippen LogP contribution in [-0.2, 0) is 10.9 Å². The topological polar surface area (TPSA) is 144 Å². The molecule has 0 aliphatic heterocycles. The van der Waals surface area contributed by atoms with Crippen LogP contribution in [0.4, 0.5) is 34.1 Å². The average molecular weight is 662 g/mol. The van der Waals surface area contributed by atoms with Crippen molar-refractivity contribution in [3.8, 4) is 28.5 Å². The molecule has 2 aliphatic rings. The second-order valence-electron chi connectivity index (χ2n) is 11.1. The molecule has 0 aromatic carbocycles. The molecule has 6 rings (SSSR count). The van der Waals surface area contributed by atoms with Crippen molar-refractivity contribution in [1.29, 1.82) is 0 Å². The molecule has 0 unspecified atom stereocenters. The van der Waals surface area contributed by atoms with Crippen LogP contribution < -0.4 is 15.0 Å². The lowest BCUT2D eigenvalue weighted by molar-refractivity contribution is -0.137. The summed E-state index contributed by atoms with van der Waals surface area (Å²) in [6.45, 7) is -0.339. The summed E-state index contributed by atoms with van der Waals surface area (Å²) in [5, 5.41) is 9.36. The van der Waals surface area contributed by atoms with E-state index in [1.807, 2.05) is 0 Å². The first kappa shape index (κ1) is 31.4. The highest BCUT2D eigenvalue weighted by atomic mass is 35.5. The van der Waals surface area contributed by atoms with Crippen molar-refractivity contribution >= 4 is 29.5 Å². The normalized spacial score (nSPS) is 18.9. The number of ether oxygens (including phenoxy) is 2. The highest BCUT2D eigenvalue weighted by Gasteiger charge is 2.45. The summed E-state index contributed by atoms with van der Waals surface area (Å²) < 4.78 is 65.8. The molecule has 17 heteroatoms. The minimum Gasteiger partial charge on any atom is -0.467 e. The minimum atomic E-state index is -4.72. The lowest BCUT2D eigenvalue weighted by Crippen LogP contribution is -2.45. The Balaban J connectivity index is 1.17. The number of hydrogen-bond donors (Lipinski definition) is 2. The quantitative estimate of drug-likeness (QED) is 0.197. The van der Waals surface area contributed by atoms with Crippen molar-refractivity contribution in [1.82, 2.24) is 35.1 Å². The predicted octanol–water partition coefficient (Wildman–Crippen LogP) is 6.27. The summed E-state index contributed by atoms with van der Waals surface area (Å²) in [4.78, 5) is 35.5. The van der Waals surface area contributed by atoms with Crippen LogP contribution in [0.2, 0.25) is 5.02 Å². The number of halogens is 5. The third kappa shape index (κ3) is 6.95. The molecule has 242 valence electrons. The number of alkyl halides is 4. The van der Waals surface area contributed by atoms with E-state index >= 15 is 0 Å². The highest BCUT2D eigenvalue weighted by molar-refractivity contribution is 6.32. The largest absolute Gasteiger partial charge is 0.467 e. The van der Waals surface area contributed by atoms with Crippen molar-refractivity contribution in [2.45, 2.75) is 62.5 Å². The average Bonchev–Trinajstić information content (AvgIpc) is 3.64. The lowest BCUT2D eigenvalue weighted by atomic mass is 9.90. The predicted molar refractivity (Wildman–Crippen MR) is 158 cm³/mol. The van der Waals surface area contributed by atoms with Crippen molar-refractivity contribution in [2.24, 2.45) is 0 Å². The van der Waals surface area contributed by atoms with Gasteiger partial charge in [-0.1, -0.05) is 11.6 Å². The molecule has 0 bridgehead atoms. The summed E-state index contributed by atoms with van der Waals surface area (Å²) in [6.07, 6.45) is 3.99. The number of methoxy groups -OCH3 is 1. The molecule has 2 N–H and O–H groups in total. The van der Waals surface area contributed by atoms with Crippen LogP contribution in [-0.4, -0.2) is 72.7 Å². The zero-order chi connectivity index (χ0) is 32.5. The van der Waals surface area contributed by atoms with Crippen LogP contribution in [0.5, 0.6) is 6.01 Å². The van der Waals surface area contributed by atoms with Gasteiger partial charge in [-0.2, -0.15) is 18.3 Å². The number of aromatic amines is 1. The zero-order valence-corrected chi connectivity index (χ0v) is 25.1. The van der Waals surface area contributed by atoms with Gasteiger partial charge in [0.15, 0.2) is 0 Å². The number of H-pyrrole nitrogens is 1. The maximum absolute atomic E-state index is 14.3. The number of nitrogens with zero attached hydrogens (tertiary/aromatic N) is 7. The van der Waals surface area contributed by atoms with Gasteiger partial charge in [0.1, 0.15) is 35.0 Å². The maximum atomic E-state index is 14.3. The number of amides is 1. The summed E-state index contributed by atoms with van der Waals surface area (Å²) >= 11 is 6.04. The van der Waals surface area contributed by atoms with E-state index in [1.165, 1.54) is 18.2 Å². The lowest BCUT2D eigenvalue weighted by Gasteiger charge is -2.36. The van der Waals surface area contributed by atoms with Gasteiger partial charge in [0.25, 0.3) is 0 Å². The summed E-state index contributed by atoms with van der Waals surface area (Å²) in [7, 11) is 1.47. The van der Waals surface area contributed by atoms with Crippen LogP contribution in [0.3, 0.4) is 0 Å². The summed E-state index contributed by atoms with van der Waals surface area (Å²) in [5.74, 6) is 0.314. The zero-order valence-electron chi connectivity index (χ0n) is 24.4. The monoisotopic (exact) mass is 661 g/mol. The third-order valence-electron chi connectivity index (χ3n) is 7.89. The van der Waals surface area contributed by atoms with Crippen LogP contribution in [0.1, 0.15) is 44.1 Å². The molecule has 0 atom stereocenters. The van der Waals surface area contributed by atoms with Gasteiger partial charge in [-0.3, -0.25) is 10.00 Å². The SMILES string of the molecule is COc1ncc(-c2ccc(N(C(=O)OCC3(F)CC3)[C@H]3CC[C@H](Nc4ncc(C(F)(F)F)c(-c5n[nH]cc5Cl)n4)CC3)nc2)cn1. The van der Waals surface area contributed by atoms with Crippen LogP contribution in [0, 0.1) is 0 Å². The molecule has 46 heavy (non-hydrogen) atoms. The molecule has 0 saturated heterocycles. The number of hydrogen-bond acceptors (Lipinski definition) is 10. The number of pyridine rings is 1. The van der Waals surface area contributed by atoms with Crippen LogP contribution in [0.25, 0.3) is 22.5 Å². The number of nitrogens with one attached hydrogen (secondary N) is 2. The number of carbonyl (C=O) groups is 1. The maximum Gasteiger partial charge on any atom is 0.420 e. The Morgan fingerprint density at radius 3 is 2.35 bits per heavy atom. The van der Waals surface area contributed by atoms with E-state index < -0.39 is 29.2 Å². The van der Waals surface area contributed by atoms with Crippen molar-refractivity contribution < 1.29 is 31.8 Å². The molecule has 12 nitrogen and oxygen atoms in total.